The van der Waals surface area contributed by atoms with Gasteiger partial charge in [-0.05, 0) is 63.5 Å². The number of hydrogen-bond acceptors (Lipinski definition) is 4. The molecule has 5 nitrogen and oxygen atoms in total. The lowest BCUT2D eigenvalue weighted by Crippen LogP contribution is -2.47. The SMILES string of the molecule is COc1cccc(CC(=O)N=CC2CC3(CCC3)Oc3c(Cl)cccc32)c1OC1CCCC1. The number of fused-ring (bicyclic) bond motifs is 1. The smallest absolute Gasteiger partial charge is 0.249 e. The van der Waals surface area contributed by atoms with Gasteiger partial charge in [-0.1, -0.05) is 35.9 Å². The van der Waals surface area contributed by atoms with Crippen LogP contribution in [0.25, 0.3) is 0 Å². The van der Waals surface area contributed by atoms with Crippen molar-refractivity contribution in [1.82, 2.24) is 0 Å². The standard InChI is InChI=1S/C27H30ClNO4/c1-31-23-12-4-7-18(25(23)32-20-8-2-3-9-20)15-24(30)29-17-19-16-27(13-6-14-27)33-26-21(19)10-5-11-22(26)28/h4-5,7,10-12,17,19-20H,2-3,6,8-9,13-16H2,1H3. The highest BCUT2D eigenvalue weighted by Crippen LogP contribution is 2.51. The summed E-state index contributed by atoms with van der Waals surface area (Å²) in [6, 6.07) is 11.5. The van der Waals surface area contributed by atoms with Gasteiger partial charge in [-0.3, -0.25) is 4.79 Å². The first kappa shape index (κ1) is 22.3. The molecule has 3 aliphatic rings. The Morgan fingerprint density at radius 3 is 2.70 bits per heavy atom. The van der Waals surface area contributed by atoms with Gasteiger partial charge in [0.25, 0.3) is 0 Å². The fourth-order valence-electron chi connectivity index (χ4n) is 5.25. The monoisotopic (exact) mass is 467 g/mol. The first-order valence-electron chi connectivity index (χ1n) is 11.9. The minimum Gasteiger partial charge on any atom is -0.493 e. The van der Waals surface area contributed by atoms with Crippen LogP contribution in [0.15, 0.2) is 41.4 Å². The summed E-state index contributed by atoms with van der Waals surface area (Å²) in [6.45, 7) is 0. The highest BCUT2D eigenvalue weighted by Gasteiger charge is 2.45. The summed E-state index contributed by atoms with van der Waals surface area (Å²) < 4.78 is 18.1. The lowest BCUT2D eigenvalue weighted by Gasteiger charge is -2.47. The molecule has 1 amide bonds. The molecular weight excluding hydrogens is 438 g/mol. The maximum Gasteiger partial charge on any atom is 0.249 e. The van der Waals surface area contributed by atoms with Gasteiger partial charge >= 0.3 is 0 Å². The van der Waals surface area contributed by atoms with Crippen molar-refractivity contribution >= 4 is 23.7 Å². The highest BCUT2D eigenvalue weighted by molar-refractivity contribution is 6.32. The predicted octanol–water partition coefficient (Wildman–Crippen LogP) is 6.30. The molecule has 0 saturated heterocycles. The van der Waals surface area contributed by atoms with Gasteiger partial charge < -0.3 is 14.2 Å². The van der Waals surface area contributed by atoms with E-state index >= 15 is 0 Å². The van der Waals surface area contributed by atoms with Gasteiger partial charge in [0.05, 0.1) is 24.7 Å². The van der Waals surface area contributed by atoms with E-state index in [0.717, 1.165) is 55.4 Å². The Morgan fingerprint density at radius 2 is 1.97 bits per heavy atom. The summed E-state index contributed by atoms with van der Waals surface area (Å²) >= 11 is 6.44. The largest absolute Gasteiger partial charge is 0.493 e. The number of nitrogens with zero attached hydrogens (tertiary/aromatic N) is 1. The van der Waals surface area contributed by atoms with Gasteiger partial charge in [0.1, 0.15) is 11.4 Å². The van der Waals surface area contributed by atoms with E-state index in [0.29, 0.717) is 16.5 Å². The topological polar surface area (TPSA) is 57.1 Å². The molecule has 33 heavy (non-hydrogen) atoms. The molecule has 0 radical (unpaired) electrons. The van der Waals surface area contributed by atoms with Gasteiger partial charge in [-0.2, -0.15) is 0 Å². The number of aliphatic imine (C=N–C) groups is 1. The number of hydrogen-bond donors (Lipinski definition) is 0. The molecule has 2 saturated carbocycles. The first-order chi connectivity index (χ1) is 16.1. The summed E-state index contributed by atoms with van der Waals surface area (Å²) in [5.74, 6) is 1.89. The van der Waals surface area contributed by atoms with Gasteiger partial charge in [0.15, 0.2) is 11.5 Å². The van der Waals surface area contributed by atoms with Crippen LogP contribution in [0.3, 0.4) is 0 Å². The summed E-state index contributed by atoms with van der Waals surface area (Å²) in [6.07, 6.45) is 10.6. The van der Waals surface area contributed by atoms with Crippen LogP contribution in [0.1, 0.15) is 68.4 Å². The van der Waals surface area contributed by atoms with E-state index in [9.17, 15) is 4.79 Å². The molecule has 1 spiro atoms. The van der Waals surface area contributed by atoms with Crippen LogP contribution in [-0.4, -0.2) is 30.9 Å². The third-order valence-corrected chi connectivity index (χ3v) is 7.48. The van der Waals surface area contributed by atoms with Crippen LogP contribution in [0, 0.1) is 0 Å². The molecule has 1 unspecified atom stereocenters. The number of carbonyl (C=O) groups excluding carboxylic acids is 1. The van der Waals surface area contributed by atoms with Crippen molar-refractivity contribution in [2.24, 2.45) is 4.99 Å². The van der Waals surface area contributed by atoms with E-state index in [4.69, 9.17) is 25.8 Å². The maximum atomic E-state index is 12.9. The van der Waals surface area contributed by atoms with Gasteiger partial charge in [0, 0.05) is 23.3 Å². The summed E-state index contributed by atoms with van der Waals surface area (Å²) in [4.78, 5) is 17.3. The number of amides is 1. The highest BCUT2D eigenvalue weighted by atomic mass is 35.5. The van der Waals surface area contributed by atoms with Crippen molar-refractivity contribution < 1.29 is 19.0 Å². The third kappa shape index (κ3) is 4.61. The van der Waals surface area contributed by atoms with E-state index in [-0.39, 0.29) is 30.0 Å². The minimum absolute atomic E-state index is 0.0104. The molecule has 2 aliphatic carbocycles. The van der Waals surface area contributed by atoms with Crippen LogP contribution in [0.4, 0.5) is 0 Å². The Labute approximate surface area is 200 Å². The molecule has 1 aliphatic heterocycles. The van der Waals surface area contributed by atoms with Crippen molar-refractivity contribution in [1.29, 1.82) is 0 Å². The second kappa shape index (κ2) is 9.38. The Kier molecular flexibility index (Phi) is 6.33. The zero-order valence-electron chi connectivity index (χ0n) is 19.0. The van der Waals surface area contributed by atoms with E-state index in [2.05, 4.69) is 4.99 Å². The first-order valence-corrected chi connectivity index (χ1v) is 12.3. The number of halogens is 1. The molecule has 1 heterocycles. The number of methoxy groups -OCH3 is 1. The Morgan fingerprint density at radius 1 is 1.18 bits per heavy atom. The molecule has 0 N–H and O–H groups in total. The van der Waals surface area contributed by atoms with E-state index in [1.165, 1.54) is 12.8 Å². The summed E-state index contributed by atoms with van der Waals surface area (Å²) in [7, 11) is 1.63. The molecule has 2 aromatic rings. The van der Waals surface area contributed by atoms with E-state index in [1.54, 1.807) is 13.3 Å². The number of benzene rings is 2. The molecule has 2 aromatic carbocycles. The van der Waals surface area contributed by atoms with Gasteiger partial charge in [0.2, 0.25) is 5.91 Å². The fourth-order valence-corrected chi connectivity index (χ4v) is 5.47. The molecular formula is C27H30ClNO4. The lowest BCUT2D eigenvalue weighted by molar-refractivity contribution is -0.117. The average molecular weight is 468 g/mol. The molecule has 0 bridgehead atoms. The summed E-state index contributed by atoms with van der Waals surface area (Å²) in [5.41, 5.74) is 1.64. The Balaban J connectivity index is 1.34. The molecule has 5 rings (SSSR count). The van der Waals surface area contributed by atoms with Crippen molar-refractivity contribution in [3.63, 3.8) is 0 Å². The number of carbonyl (C=O) groups is 1. The Hall–Kier alpha value is -2.53. The van der Waals surface area contributed by atoms with Crippen molar-refractivity contribution in [2.45, 2.75) is 75.4 Å². The van der Waals surface area contributed by atoms with E-state index < -0.39 is 0 Å². The van der Waals surface area contributed by atoms with E-state index in [1.807, 2.05) is 36.4 Å². The second-order valence-corrected chi connectivity index (χ2v) is 9.84. The fraction of sp³-hybridized carbons (Fsp3) is 0.481. The molecule has 0 aromatic heterocycles. The zero-order valence-corrected chi connectivity index (χ0v) is 19.8. The average Bonchev–Trinajstić information content (AvgIpc) is 3.31. The zero-order chi connectivity index (χ0) is 22.8. The molecule has 2 fully saturated rings. The second-order valence-electron chi connectivity index (χ2n) is 9.43. The van der Waals surface area contributed by atoms with Crippen molar-refractivity contribution in [3.8, 4) is 17.2 Å². The number of rotatable bonds is 6. The minimum atomic E-state index is -0.197. The van der Waals surface area contributed by atoms with Crippen LogP contribution in [-0.2, 0) is 11.2 Å². The van der Waals surface area contributed by atoms with Gasteiger partial charge in [-0.15, -0.1) is 0 Å². The molecule has 1 atom stereocenters. The lowest BCUT2D eigenvalue weighted by atomic mass is 9.71. The van der Waals surface area contributed by atoms with Crippen LogP contribution < -0.4 is 14.2 Å². The molecule has 6 heteroatoms. The maximum absolute atomic E-state index is 12.9. The quantitative estimate of drug-likeness (QED) is 0.468. The van der Waals surface area contributed by atoms with Crippen molar-refractivity contribution in [3.05, 3.63) is 52.5 Å². The number of para-hydroxylation sites is 2. The predicted molar refractivity (Wildman–Crippen MR) is 129 cm³/mol. The summed E-state index contributed by atoms with van der Waals surface area (Å²) in [5, 5.41) is 0.619. The van der Waals surface area contributed by atoms with Crippen LogP contribution >= 0.6 is 11.6 Å². The number of ether oxygens (including phenoxy) is 3. The Bertz CT molecular complexity index is 1060. The van der Waals surface area contributed by atoms with Crippen molar-refractivity contribution in [2.75, 3.05) is 7.11 Å². The van der Waals surface area contributed by atoms with Gasteiger partial charge in [-0.25, -0.2) is 4.99 Å². The third-order valence-electron chi connectivity index (χ3n) is 7.18. The van der Waals surface area contributed by atoms with Crippen LogP contribution in [0.2, 0.25) is 5.02 Å². The normalized spacial score (nSPS) is 21.5. The molecule has 174 valence electrons. The van der Waals surface area contributed by atoms with Crippen LogP contribution in [0.5, 0.6) is 17.2 Å².